The molecule has 1 aromatic carbocycles. The average molecular weight is 170 g/mol. The van der Waals surface area contributed by atoms with Gasteiger partial charge in [0.25, 0.3) is 0 Å². The molecule has 1 atom stereocenters. The molecule has 0 radical (unpaired) electrons. The second-order valence-electron chi connectivity index (χ2n) is 3.18. The zero-order valence-electron chi connectivity index (χ0n) is 7.27. The summed E-state index contributed by atoms with van der Waals surface area (Å²) in [7, 11) is 0. The number of aliphatic imine (C=N–C) groups is 1. The number of rotatable bonds is 1. The van der Waals surface area contributed by atoms with E-state index in [1.807, 2.05) is 30.3 Å². The average Bonchev–Trinajstić information content (AvgIpc) is 2.67. The number of nitriles is 1. The number of nitrogens with zero attached hydrogens (tertiary/aromatic N) is 2. The topological polar surface area (TPSA) is 36.1 Å². The highest BCUT2D eigenvalue weighted by Gasteiger charge is 2.18. The van der Waals surface area contributed by atoms with Crippen molar-refractivity contribution in [2.24, 2.45) is 10.9 Å². The van der Waals surface area contributed by atoms with Crippen molar-refractivity contribution in [3.8, 4) is 6.07 Å². The molecule has 1 aromatic rings. The van der Waals surface area contributed by atoms with Crippen LogP contribution in [0, 0.1) is 17.2 Å². The lowest BCUT2D eigenvalue weighted by Gasteiger charge is -1.99. The van der Waals surface area contributed by atoms with E-state index in [9.17, 15) is 0 Å². The molecule has 0 saturated heterocycles. The summed E-state index contributed by atoms with van der Waals surface area (Å²) < 4.78 is 0. The Morgan fingerprint density at radius 3 is 2.69 bits per heavy atom. The minimum absolute atomic E-state index is 0.0928. The molecule has 0 aliphatic carbocycles. The molecule has 2 rings (SSSR count). The van der Waals surface area contributed by atoms with Crippen LogP contribution in [0.2, 0.25) is 0 Å². The summed E-state index contributed by atoms with van der Waals surface area (Å²) in [6.45, 7) is 0.667. The van der Waals surface area contributed by atoms with Gasteiger partial charge < -0.3 is 0 Å². The van der Waals surface area contributed by atoms with E-state index in [1.165, 1.54) is 0 Å². The summed E-state index contributed by atoms with van der Waals surface area (Å²) in [5.41, 5.74) is 2.23. The van der Waals surface area contributed by atoms with E-state index in [4.69, 9.17) is 5.26 Å². The maximum atomic E-state index is 8.71. The highest BCUT2D eigenvalue weighted by molar-refractivity contribution is 6.01. The van der Waals surface area contributed by atoms with Crippen LogP contribution in [0.25, 0.3) is 0 Å². The molecule has 0 saturated carbocycles. The summed E-state index contributed by atoms with van der Waals surface area (Å²) in [6.07, 6.45) is 0.806. The smallest absolute Gasteiger partial charge is 0.0714 e. The van der Waals surface area contributed by atoms with Crippen LogP contribution in [0.5, 0.6) is 0 Å². The minimum atomic E-state index is 0.0928. The zero-order chi connectivity index (χ0) is 9.10. The second kappa shape index (κ2) is 3.40. The number of benzene rings is 1. The Morgan fingerprint density at radius 1 is 1.31 bits per heavy atom. The van der Waals surface area contributed by atoms with Gasteiger partial charge in [0.1, 0.15) is 0 Å². The van der Waals surface area contributed by atoms with Gasteiger partial charge in [-0.05, 0) is 5.56 Å². The van der Waals surface area contributed by atoms with Crippen LogP contribution >= 0.6 is 0 Å². The lowest BCUT2D eigenvalue weighted by Crippen LogP contribution is -2.00. The summed E-state index contributed by atoms with van der Waals surface area (Å²) in [4.78, 5) is 4.35. The van der Waals surface area contributed by atoms with Crippen molar-refractivity contribution in [1.29, 1.82) is 5.26 Å². The zero-order valence-corrected chi connectivity index (χ0v) is 7.27. The molecule has 0 N–H and O–H groups in total. The maximum Gasteiger partial charge on any atom is 0.0714 e. The molecule has 2 heteroatoms. The third kappa shape index (κ3) is 1.59. The van der Waals surface area contributed by atoms with Crippen molar-refractivity contribution in [3.05, 3.63) is 35.9 Å². The summed E-state index contributed by atoms with van der Waals surface area (Å²) in [5, 5.41) is 8.71. The van der Waals surface area contributed by atoms with Gasteiger partial charge in [0.2, 0.25) is 0 Å². The Kier molecular flexibility index (Phi) is 2.09. The van der Waals surface area contributed by atoms with Crippen molar-refractivity contribution in [1.82, 2.24) is 0 Å². The van der Waals surface area contributed by atoms with Crippen LogP contribution in [0.3, 0.4) is 0 Å². The third-order valence-electron chi connectivity index (χ3n) is 2.23. The van der Waals surface area contributed by atoms with E-state index in [-0.39, 0.29) is 5.92 Å². The van der Waals surface area contributed by atoms with Crippen molar-refractivity contribution < 1.29 is 0 Å². The second-order valence-corrected chi connectivity index (χ2v) is 3.18. The van der Waals surface area contributed by atoms with E-state index in [0.29, 0.717) is 6.54 Å². The highest BCUT2D eigenvalue weighted by Crippen LogP contribution is 2.17. The van der Waals surface area contributed by atoms with Gasteiger partial charge >= 0.3 is 0 Å². The van der Waals surface area contributed by atoms with Gasteiger partial charge in [0.15, 0.2) is 0 Å². The van der Waals surface area contributed by atoms with Crippen molar-refractivity contribution in [2.75, 3.05) is 6.54 Å². The SMILES string of the molecule is N#C[C@@H]1CN=C(c2ccccc2)C1. The monoisotopic (exact) mass is 170 g/mol. The molecule has 1 aliphatic heterocycles. The minimum Gasteiger partial charge on any atom is -0.288 e. The van der Waals surface area contributed by atoms with E-state index in [1.54, 1.807) is 0 Å². The predicted molar refractivity (Wildman–Crippen MR) is 51.6 cm³/mol. The van der Waals surface area contributed by atoms with Crippen LogP contribution in [0.15, 0.2) is 35.3 Å². The molecule has 0 unspecified atom stereocenters. The molecule has 64 valence electrons. The molecule has 0 fully saturated rings. The Bertz CT molecular complexity index is 359. The van der Waals surface area contributed by atoms with Crippen LogP contribution in [-0.4, -0.2) is 12.3 Å². The molecule has 0 amide bonds. The molecular weight excluding hydrogens is 160 g/mol. The third-order valence-corrected chi connectivity index (χ3v) is 2.23. The lowest BCUT2D eigenvalue weighted by molar-refractivity contribution is 0.759. The lowest BCUT2D eigenvalue weighted by atomic mass is 10.0. The molecule has 0 bridgehead atoms. The van der Waals surface area contributed by atoms with Gasteiger partial charge in [-0.15, -0.1) is 0 Å². The van der Waals surface area contributed by atoms with E-state index >= 15 is 0 Å². The van der Waals surface area contributed by atoms with Gasteiger partial charge in [0.05, 0.1) is 18.5 Å². The molecule has 0 aromatic heterocycles. The normalized spacial score (nSPS) is 20.8. The first-order chi connectivity index (χ1) is 6.40. The fourth-order valence-corrected chi connectivity index (χ4v) is 1.51. The van der Waals surface area contributed by atoms with Gasteiger partial charge in [-0.3, -0.25) is 4.99 Å². The summed E-state index contributed by atoms with van der Waals surface area (Å²) in [5.74, 6) is 0.0928. The highest BCUT2D eigenvalue weighted by atomic mass is 14.8. The van der Waals surface area contributed by atoms with Crippen LogP contribution in [-0.2, 0) is 0 Å². The largest absolute Gasteiger partial charge is 0.288 e. The molecule has 2 nitrogen and oxygen atoms in total. The summed E-state index contributed by atoms with van der Waals surface area (Å²) in [6, 6.07) is 12.3. The molecule has 0 spiro atoms. The number of hydrogen-bond donors (Lipinski definition) is 0. The first-order valence-electron chi connectivity index (χ1n) is 4.38. The van der Waals surface area contributed by atoms with E-state index in [0.717, 1.165) is 17.7 Å². The van der Waals surface area contributed by atoms with Crippen molar-refractivity contribution in [3.63, 3.8) is 0 Å². The molecular formula is C11H10N2. The summed E-state index contributed by atoms with van der Waals surface area (Å²) >= 11 is 0. The quantitative estimate of drug-likeness (QED) is 0.635. The van der Waals surface area contributed by atoms with Gasteiger partial charge in [-0.25, -0.2) is 0 Å². The Labute approximate surface area is 77.5 Å². The first kappa shape index (κ1) is 8.00. The van der Waals surface area contributed by atoms with Crippen LogP contribution < -0.4 is 0 Å². The van der Waals surface area contributed by atoms with Crippen molar-refractivity contribution >= 4 is 5.71 Å². The predicted octanol–water partition coefficient (Wildman–Crippen LogP) is 2.02. The van der Waals surface area contributed by atoms with Gasteiger partial charge in [-0.2, -0.15) is 5.26 Å². The van der Waals surface area contributed by atoms with Gasteiger partial charge in [0, 0.05) is 12.1 Å². The van der Waals surface area contributed by atoms with Crippen LogP contribution in [0.1, 0.15) is 12.0 Å². The fourth-order valence-electron chi connectivity index (χ4n) is 1.51. The fraction of sp³-hybridized carbons (Fsp3) is 0.273. The Balaban J connectivity index is 2.18. The van der Waals surface area contributed by atoms with Crippen LogP contribution in [0.4, 0.5) is 0 Å². The maximum absolute atomic E-state index is 8.71. The van der Waals surface area contributed by atoms with E-state index < -0.39 is 0 Å². The molecule has 1 heterocycles. The first-order valence-corrected chi connectivity index (χ1v) is 4.38. The molecule has 1 aliphatic rings. The van der Waals surface area contributed by atoms with Gasteiger partial charge in [-0.1, -0.05) is 30.3 Å². The van der Waals surface area contributed by atoms with Crippen molar-refractivity contribution in [2.45, 2.75) is 6.42 Å². The van der Waals surface area contributed by atoms with E-state index in [2.05, 4.69) is 11.1 Å². The standard InChI is InChI=1S/C11H10N2/c12-7-9-6-11(13-8-9)10-4-2-1-3-5-10/h1-5,9H,6,8H2/t9-/m1/s1. The molecule has 13 heavy (non-hydrogen) atoms. The number of hydrogen-bond acceptors (Lipinski definition) is 2. The Morgan fingerprint density at radius 2 is 2.08 bits per heavy atom. The Hall–Kier alpha value is -1.62.